The number of likely N-dealkylation sites (tertiary alicyclic amines) is 1. The summed E-state index contributed by atoms with van der Waals surface area (Å²) in [6, 6.07) is 4.16. The number of amides is 2. The molecule has 0 saturated carbocycles. The van der Waals surface area contributed by atoms with Gasteiger partial charge in [-0.2, -0.15) is 10.4 Å². The minimum atomic E-state index is -0.466. The Morgan fingerprint density at radius 1 is 1.27 bits per heavy atom. The standard InChI is InChI=1S/C20H23N9O/c21-6-5-20(12-28(13-20)26-19(30)27-8-2-1-3-9-27)29-11-15(10-25-29)17-16-4-7-22-18(16)24-14-23-17/h4,7,10-11,14H,1-3,5,8-9,12-13H2,(H,26,30)(H,22,23,24). The molecule has 3 aromatic rings. The summed E-state index contributed by atoms with van der Waals surface area (Å²) in [5, 5.41) is 16.7. The Morgan fingerprint density at radius 3 is 2.90 bits per heavy atom. The van der Waals surface area contributed by atoms with Gasteiger partial charge in [0.25, 0.3) is 0 Å². The van der Waals surface area contributed by atoms with Crippen molar-refractivity contribution < 1.29 is 4.79 Å². The number of nitrogens with zero attached hydrogens (tertiary/aromatic N) is 7. The Bertz CT molecular complexity index is 1100. The largest absolute Gasteiger partial charge is 0.346 e. The summed E-state index contributed by atoms with van der Waals surface area (Å²) in [7, 11) is 0. The van der Waals surface area contributed by atoms with Gasteiger partial charge in [-0.05, 0) is 25.3 Å². The molecule has 5 rings (SSSR count). The fourth-order valence-corrected chi connectivity index (χ4v) is 4.34. The molecule has 2 aliphatic rings. The van der Waals surface area contributed by atoms with Crippen LogP contribution in [0.2, 0.25) is 0 Å². The van der Waals surface area contributed by atoms with E-state index < -0.39 is 5.54 Å². The molecule has 0 atom stereocenters. The van der Waals surface area contributed by atoms with Crippen molar-refractivity contribution in [2.24, 2.45) is 0 Å². The highest BCUT2D eigenvalue weighted by atomic mass is 16.2. The van der Waals surface area contributed by atoms with Crippen molar-refractivity contribution in [1.82, 2.24) is 40.1 Å². The molecular formula is C20H23N9O. The second-order valence-corrected chi connectivity index (χ2v) is 8.02. The highest BCUT2D eigenvalue weighted by Gasteiger charge is 2.46. The zero-order valence-electron chi connectivity index (χ0n) is 16.6. The number of nitriles is 1. The molecule has 0 radical (unpaired) electrons. The molecule has 10 heteroatoms. The van der Waals surface area contributed by atoms with Gasteiger partial charge in [-0.25, -0.2) is 19.8 Å². The summed E-state index contributed by atoms with van der Waals surface area (Å²) in [5.74, 6) is 0. The predicted octanol–water partition coefficient (Wildman–Crippen LogP) is 1.86. The lowest BCUT2D eigenvalue weighted by Crippen LogP contribution is -2.68. The fraction of sp³-hybridized carbons (Fsp3) is 0.450. The summed E-state index contributed by atoms with van der Waals surface area (Å²) in [6.45, 7) is 2.67. The maximum absolute atomic E-state index is 12.5. The molecule has 0 aromatic carbocycles. The number of aromatic amines is 1. The smallest absolute Gasteiger partial charge is 0.331 e. The lowest BCUT2D eigenvalue weighted by molar-refractivity contribution is -0.0264. The van der Waals surface area contributed by atoms with Crippen LogP contribution >= 0.6 is 0 Å². The van der Waals surface area contributed by atoms with Gasteiger partial charge in [-0.15, -0.1) is 0 Å². The number of rotatable bonds is 4. The van der Waals surface area contributed by atoms with Crippen molar-refractivity contribution in [1.29, 1.82) is 5.26 Å². The maximum atomic E-state index is 12.5. The second kappa shape index (κ2) is 7.42. The van der Waals surface area contributed by atoms with Crippen molar-refractivity contribution in [3.05, 3.63) is 31.0 Å². The Morgan fingerprint density at radius 2 is 2.10 bits per heavy atom. The van der Waals surface area contributed by atoms with Gasteiger partial charge in [-0.1, -0.05) is 0 Å². The van der Waals surface area contributed by atoms with E-state index in [2.05, 4.69) is 31.5 Å². The van der Waals surface area contributed by atoms with Gasteiger partial charge in [0.15, 0.2) is 0 Å². The first-order valence-electron chi connectivity index (χ1n) is 10.2. The van der Waals surface area contributed by atoms with E-state index in [4.69, 9.17) is 0 Å². The summed E-state index contributed by atoms with van der Waals surface area (Å²) < 4.78 is 1.84. The molecule has 30 heavy (non-hydrogen) atoms. The van der Waals surface area contributed by atoms with Gasteiger partial charge in [0, 0.05) is 49.5 Å². The molecule has 0 spiro atoms. The average molecular weight is 405 g/mol. The molecule has 2 N–H and O–H groups in total. The third-order valence-corrected chi connectivity index (χ3v) is 5.97. The first kappa shape index (κ1) is 18.6. The van der Waals surface area contributed by atoms with E-state index in [1.165, 1.54) is 12.7 Å². The number of carbonyl (C=O) groups is 1. The Labute approximate surface area is 173 Å². The fourth-order valence-electron chi connectivity index (χ4n) is 4.34. The number of carbonyl (C=O) groups excluding carboxylic acids is 1. The highest BCUT2D eigenvalue weighted by Crippen LogP contribution is 2.33. The van der Waals surface area contributed by atoms with Gasteiger partial charge in [0.1, 0.15) is 17.5 Å². The van der Waals surface area contributed by atoms with Crippen LogP contribution in [0, 0.1) is 11.3 Å². The molecule has 2 aliphatic heterocycles. The van der Waals surface area contributed by atoms with Crippen molar-refractivity contribution in [3.8, 4) is 17.3 Å². The van der Waals surface area contributed by atoms with Crippen LogP contribution in [-0.2, 0) is 5.54 Å². The number of aromatic nitrogens is 5. The molecule has 5 heterocycles. The van der Waals surface area contributed by atoms with Crippen LogP contribution in [0.1, 0.15) is 25.7 Å². The third kappa shape index (κ3) is 3.17. The lowest BCUT2D eigenvalue weighted by atomic mass is 9.88. The van der Waals surface area contributed by atoms with Gasteiger partial charge in [-0.3, -0.25) is 10.1 Å². The number of piperidine rings is 1. The summed E-state index contributed by atoms with van der Waals surface area (Å²) in [5.41, 5.74) is 4.95. The minimum absolute atomic E-state index is 0.0581. The first-order chi connectivity index (χ1) is 14.7. The van der Waals surface area contributed by atoms with Crippen molar-refractivity contribution in [3.63, 3.8) is 0 Å². The monoisotopic (exact) mass is 405 g/mol. The second-order valence-electron chi connectivity index (χ2n) is 8.02. The molecule has 10 nitrogen and oxygen atoms in total. The van der Waals surface area contributed by atoms with Crippen LogP contribution in [0.3, 0.4) is 0 Å². The number of hydrazine groups is 1. The molecule has 154 valence electrons. The lowest BCUT2D eigenvalue weighted by Gasteiger charge is -2.49. The van der Waals surface area contributed by atoms with Gasteiger partial charge < -0.3 is 9.88 Å². The van der Waals surface area contributed by atoms with E-state index in [1.807, 2.05) is 33.1 Å². The Balaban J connectivity index is 1.32. The predicted molar refractivity (Wildman–Crippen MR) is 109 cm³/mol. The van der Waals surface area contributed by atoms with E-state index >= 15 is 0 Å². The Kier molecular flexibility index (Phi) is 4.59. The molecule has 2 saturated heterocycles. The zero-order chi connectivity index (χ0) is 20.6. The van der Waals surface area contributed by atoms with Gasteiger partial charge >= 0.3 is 6.03 Å². The minimum Gasteiger partial charge on any atom is -0.346 e. The molecule has 2 fully saturated rings. The van der Waals surface area contributed by atoms with Crippen LogP contribution in [0.5, 0.6) is 0 Å². The van der Waals surface area contributed by atoms with Crippen molar-refractivity contribution in [2.75, 3.05) is 26.2 Å². The number of fused-ring (bicyclic) bond motifs is 1. The highest BCUT2D eigenvalue weighted by molar-refractivity contribution is 5.90. The first-order valence-corrected chi connectivity index (χ1v) is 10.2. The molecule has 0 aliphatic carbocycles. The maximum Gasteiger partial charge on any atom is 0.331 e. The quantitative estimate of drug-likeness (QED) is 0.684. The normalized spacial score (nSPS) is 18.7. The number of hydrogen-bond acceptors (Lipinski definition) is 6. The van der Waals surface area contributed by atoms with Crippen molar-refractivity contribution in [2.45, 2.75) is 31.2 Å². The van der Waals surface area contributed by atoms with Crippen molar-refractivity contribution >= 4 is 17.1 Å². The number of urea groups is 1. The summed E-state index contributed by atoms with van der Waals surface area (Å²) >= 11 is 0. The van der Waals surface area contributed by atoms with Gasteiger partial charge in [0.05, 0.1) is 24.4 Å². The zero-order valence-corrected chi connectivity index (χ0v) is 16.6. The summed E-state index contributed by atoms with van der Waals surface area (Å²) in [4.78, 5) is 26.1. The number of nitrogens with one attached hydrogen (secondary N) is 2. The number of H-pyrrole nitrogens is 1. The van der Waals surface area contributed by atoms with E-state index in [0.717, 1.165) is 48.2 Å². The topological polar surface area (TPSA) is 119 Å². The van der Waals surface area contributed by atoms with Crippen LogP contribution < -0.4 is 5.43 Å². The van der Waals surface area contributed by atoms with Crippen LogP contribution in [0.4, 0.5) is 4.79 Å². The van der Waals surface area contributed by atoms with E-state index in [1.54, 1.807) is 6.20 Å². The summed E-state index contributed by atoms with van der Waals surface area (Å²) in [6.07, 6.45) is 10.7. The van der Waals surface area contributed by atoms with E-state index in [0.29, 0.717) is 19.5 Å². The molecule has 0 unspecified atom stereocenters. The third-order valence-electron chi connectivity index (χ3n) is 5.97. The van der Waals surface area contributed by atoms with Gasteiger partial charge in [0.2, 0.25) is 0 Å². The Hall–Kier alpha value is -3.45. The van der Waals surface area contributed by atoms with Crippen LogP contribution in [0.25, 0.3) is 22.3 Å². The van der Waals surface area contributed by atoms with Crippen LogP contribution in [0.15, 0.2) is 31.0 Å². The molecule has 3 aromatic heterocycles. The average Bonchev–Trinajstić information content (AvgIpc) is 3.42. The number of hydrogen-bond donors (Lipinski definition) is 2. The SMILES string of the molecule is N#CCC1(n2cc(-c3ncnc4[nH]ccc34)cn2)CN(NC(=O)N2CCCCC2)C1. The van der Waals surface area contributed by atoms with E-state index in [-0.39, 0.29) is 6.03 Å². The molecular weight excluding hydrogens is 382 g/mol. The van der Waals surface area contributed by atoms with E-state index in [9.17, 15) is 10.1 Å². The van der Waals surface area contributed by atoms with Crippen LogP contribution in [-0.4, -0.2) is 66.9 Å². The molecule has 2 amide bonds. The molecule has 0 bridgehead atoms.